The minimum Gasteiger partial charge on any atom is -0.386 e. The van der Waals surface area contributed by atoms with E-state index in [1.54, 1.807) is 18.2 Å². The fourth-order valence-electron chi connectivity index (χ4n) is 1.80. The van der Waals surface area contributed by atoms with E-state index >= 15 is 0 Å². The second-order valence-corrected chi connectivity index (χ2v) is 4.49. The number of hydrogen-bond acceptors (Lipinski definition) is 2. The first kappa shape index (κ1) is 11.0. The third-order valence-corrected chi connectivity index (χ3v) is 3.23. The Hall–Kier alpha value is -0.450. The van der Waals surface area contributed by atoms with Crippen molar-refractivity contribution in [3.8, 4) is 0 Å². The first-order valence-electron chi connectivity index (χ1n) is 4.93. The van der Waals surface area contributed by atoms with Crippen LogP contribution < -0.4 is 0 Å². The molecule has 2 rings (SSSR count). The summed E-state index contributed by atoms with van der Waals surface area (Å²) in [5.41, 5.74) is 0.302. The van der Waals surface area contributed by atoms with Crippen LogP contribution in [0, 0.1) is 5.82 Å². The number of ether oxygens (including phenoxy) is 1. The van der Waals surface area contributed by atoms with Crippen molar-refractivity contribution >= 4 is 15.9 Å². The molecule has 1 aliphatic heterocycles. The van der Waals surface area contributed by atoms with E-state index in [4.69, 9.17) is 4.74 Å². The first-order valence-corrected chi connectivity index (χ1v) is 5.73. The summed E-state index contributed by atoms with van der Waals surface area (Å²) in [5, 5.41) is 9.94. The lowest BCUT2D eigenvalue weighted by molar-refractivity contribution is -0.00431. The van der Waals surface area contributed by atoms with Crippen LogP contribution in [0.15, 0.2) is 22.7 Å². The summed E-state index contributed by atoms with van der Waals surface area (Å²) in [4.78, 5) is 0. The van der Waals surface area contributed by atoms with Crippen molar-refractivity contribution in [3.05, 3.63) is 34.1 Å². The summed E-state index contributed by atoms with van der Waals surface area (Å²) in [6, 6.07) is 4.91. The molecule has 2 atom stereocenters. The van der Waals surface area contributed by atoms with Gasteiger partial charge >= 0.3 is 0 Å². The Kier molecular flexibility index (Phi) is 3.38. The van der Waals surface area contributed by atoms with E-state index < -0.39 is 11.9 Å². The molecule has 0 aliphatic carbocycles. The van der Waals surface area contributed by atoms with Gasteiger partial charge in [-0.2, -0.15) is 0 Å². The lowest BCUT2D eigenvalue weighted by Gasteiger charge is -2.18. The monoisotopic (exact) mass is 274 g/mol. The zero-order chi connectivity index (χ0) is 10.8. The Morgan fingerprint density at radius 1 is 1.53 bits per heavy atom. The van der Waals surface area contributed by atoms with Crippen LogP contribution in [0.25, 0.3) is 0 Å². The maximum atomic E-state index is 13.6. The van der Waals surface area contributed by atoms with Gasteiger partial charge in [0.05, 0.1) is 10.6 Å². The Morgan fingerprint density at radius 3 is 3.00 bits per heavy atom. The molecule has 4 heteroatoms. The molecule has 1 aliphatic rings. The molecule has 2 unspecified atom stereocenters. The van der Waals surface area contributed by atoms with E-state index in [9.17, 15) is 9.50 Å². The maximum absolute atomic E-state index is 13.6. The number of aliphatic hydroxyl groups is 1. The standard InChI is InChI=1S/C11H12BrFO2/c12-8-4-1-3-7(10(8)13)11(14)9-5-2-6-15-9/h1,3-4,9,11,14H,2,5-6H2. The molecule has 0 radical (unpaired) electrons. The second kappa shape index (κ2) is 4.60. The van der Waals surface area contributed by atoms with Crippen LogP contribution in [-0.4, -0.2) is 17.8 Å². The molecule has 1 N–H and O–H groups in total. The summed E-state index contributed by atoms with van der Waals surface area (Å²) >= 11 is 3.10. The van der Waals surface area contributed by atoms with Crippen LogP contribution >= 0.6 is 15.9 Å². The van der Waals surface area contributed by atoms with Crippen molar-refractivity contribution < 1.29 is 14.2 Å². The lowest BCUT2D eigenvalue weighted by Crippen LogP contribution is -2.18. The van der Waals surface area contributed by atoms with Crippen LogP contribution in [-0.2, 0) is 4.74 Å². The predicted octanol–water partition coefficient (Wildman–Crippen LogP) is 2.80. The van der Waals surface area contributed by atoms with Crippen molar-refractivity contribution in [1.82, 2.24) is 0 Å². The first-order chi connectivity index (χ1) is 7.20. The van der Waals surface area contributed by atoms with Crippen molar-refractivity contribution in [2.24, 2.45) is 0 Å². The zero-order valence-electron chi connectivity index (χ0n) is 8.12. The molecular weight excluding hydrogens is 263 g/mol. The third-order valence-electron chi connectivity index (χ3n) is 2.62. The highest BCUT2D eigenvalue weighted by Crippen LogP contribution is 2.30. The van der Waals surface area contributed by atoms with Gasteiger partial charge in [-0.15, -0.1) is 0 Å². The third kappa shape index (κ3) is 2.22. The number of halogens is 2. The minimum absolute atomic E-state index is 0.270. The van der Waals surface area contributed by atoms with Crippen LogP contribution in [0.5, 0.6) is 0 Å². The molecule has 1 aromatic carbocycles. The van der Waals surface area contributed by atoms with Crippen LogP contribution in [0.2, 0.25) is 0 Å². The van der Waals surface area contributed by atoms with Gasteiger partial charge in [0.25, 0.3) is 0 Å². The Bertz CT molecular complexity index is 350. The van der Waals surface area contributed by atoms with Crippen molar-refractivity contribution in [3.63, 3.8) is 0 Å². The fourth-order valence-corrected chi connectivity index (χ4v) is 2.18. The second-order valence-electron chi connectivity index (χ2n) is 3.64. The summed E-state index contributed by atoms with van der Waals surface area (Å²) in [5.74, 6) is -0.402. The molecule has 0 saturated carbocycles. The van der Waals surface area contributed by atoms with Gasteiger partial charge in [-0.25, -0.2) is 4.39 Å². The van der Waals surface area contributed by atoms with E-state index in [-0.39, 0.29) is 6.10 Å². The van der Waals surface area contributed by atoms with Crippen LogP contribution in [0.4, 0.5) is 4.39 Å². The Labute approximate surface area is 96.2 Å². The average Bonchev–Trinajstić information content (AvgIpc) is 2.74. The van der Waals surface area contributed by atoms with Gasteiger partial charge in [0.2, 0.25) is 0 Å². The minimum atomic E-state index is -0.870. The molecule has 1 aromatic rings. The summed E-state index contributed by atoms with van der Waals surface area (Å²) < 4.78 is 19.3. The van der Waals surface area contributed by atoms with Gasteiger partial charge in [-0.05, 0) is 34.8 Å². The van der Waals surface area contributed by atoms with E-state index in [2.05, 4.69) is 15.9 Å². The highest BCUT2D eigenvalue weighted by molar-refractivity contribution is 9.10. The molecule has 0 amide bonds. The van der Waals surface area contributed by atoms with Crippen molar-refractivity contribution in [1.29, 1.82) is 0 Å². The average molecular weight is 275 g/mol. The lowest BCUT2D eigenvalue weighted by atomic mass is 10.0. The van der Waals surface area contributed by atoms with E-state index in [0.717, 1.165) is 12.8 Å². The van der Waals surface area contributed by atoms with Crippen LogP contribution in [0.3, 0.4) is 0 Å². The molecule has 0 aromatic heterocycles. The zero-order valence-corrected chi connectivity index (χ0v) is 9.71. The quantitative estimate of drug-likeness (QED) is 0.899. The van der Waals surface area contributed by atoms with Gasteiger partial charge < -0.3 is 9.84 Å². The fraction of sp³-hybridized carbons (Fsp3) is 0.455. The highest BCUT2D eigenvalue weighted by atomic mass is 79.9. The molecule has 15 heavy (non-hydrogen) atoms. The number of rotatable bonds is 2. The summed E-state index contributed by atoms with van der Waals surface area (Å²) in [7, 11) is 0. The van der Waals surface area contributed by atoms with Gasteiger partial charge in [-0.3, -0.25) is 0 Å². The van der Waals surface area contributed by atoms with Gasteiger partial charge in [0.1, 0.15) is 11.9 Å². The van der Waals surface area contributed by atoms with E-state index in [0.29, 0.717) is 16.6 Å². The molecule has 1 heterocycles. The van der Waals surface area contributed by atoms with Crippen LogP contribution in [0.1, 0.15) is 24.5 Å². The van der Waals surface area contributed by atoms with Gasteiger partial charge in [0.15, 0.2) is 0 Å². The van der Waals surface area contributed by atoms with E-state index in [1.807, 2.05) is 0 Å². The van der Waals surface area contributed by atoms with Gasteiger partial charge in [-0.1, -0.05) is 12.1 Å². The Balaban J connectivity index is 2.24. The number of hydrogen-bond donors (Lipinski definition) is 1. The van der Waals surface area contributed by atoms with E-state index in [1.165, 1.54) is 0 Å². The predicted molar refractivity (Wildman–Crippen MR) is 58.0 cm³/mol. The Morgan fingerprint density at radius 2 is 2.33 bits per heavy atom. The molecule has 0 spiro atoms. The SMILES string of the molecule is OC(c1cccc(Br)c1F)C1CCCO1. The number of aliphatic hydroxyl groups excluding tert-OH is 1. The van der Waals surface area contributed by atoms with Gasteiger partial charge in [0, 0.05) is 12.2 Å². The largest absolute Gasteiger partial charge is 0.386 e. The molecule has 1 saturated heterocycles. The molecule has 0 bridgehead atoms. The molecular formula is C11H12BrFO2. The summed E-state index contributed by atoms with van der Waals surface area (Å²) in [6.07, 6.45) is 0.573. The molecule has 82 valence electrons. The molecule has 2 nitrogen and oxygen atoms in total. The highest BCUT2D eigenvalue weighted by Gasteiger charge is 2.27. The maximum Gasteiger partial charge on any atom is 0.143 e. The normalized spacial score (nSPS) is 23.0. The summed E-state index contributed by atoms with van der Waals surface area (Å²) in [6.45, 7) is 0.650. The molecule has 1 fully saturated rings. The topological polar surface area (TPSA) is 29.5 Å². The van der Waals surface area contributed by atoms with Crippen molar-refractivity contribution in [2.75, 3.05) is 6.61 Å². The number of benzene rings is 1. The van der Waals surface area contributed by atoms with Crippen molar-refractivity contribution in [2.45, 2.75) is 25.0 Å². The smallest absolute Gasteiger partial charge is 0.143 e.